The molecule has 4 rings (SSSR count). The van der Waals surface area contributed by atoms with Gasteiger partial charge in [0.1, 0.15) is 18.2 Å². The van der Waals surface area contributed by atoms with E-state index < -0.39 is 0 Å². The fourth-order valence-electron chi connectivity index (χ4n) is 3.30. The molecule has 154 valence electrons. The molecule has 3 aromatic carbocycles. The van der Waals surface area contributed by atoms with Crippen molar-refractivity contribution in [3.63, 3.8) is 0 Å². The third-order valence-corrected chi connectivity index (χ3v) is 5.00. The zero-order valence-corrected chi connectivity index (χ0v) is 17.1. The van der Waals surface area contributed by atoms with Crippen molar-refractivity contribution in [1.82, 2.24) is 4.98 Å². The highest BCUT2D eigenvalue weighted by Gasteiger charge is 2.05. The van der Waals surface area contributed by atoms with Crippen LogP contribution >= 0.6 is 0 Å². The molecule has 0 atom stereocenters. The number of rotatable bonds is 7. The average Bonchev–Trinajstić information content (AvgIpc) is 2.82. The molecule has 0 fully saturated rings. The SMILES string of the molecule is N/N=C(\N)Cc1ccccc1COc1ccc(/C=C/c2ccc3ccccc3n2)cc1. The van der Waals surface area contributed by atoms with Crippen LogP contribution in [0.5, 0.6) is 5.75 Å². The predicted molar refractivity (Wildman–Crippen MR) is 127 cm³/mol. The van der Waals surface area contributed by atoms with Gasteiger partial charge >= 0.3 is 0 Å². The molecule has 0 bridgehead atoms. The molecule has 0 spiro atoms. The van der Waals surface area contributed by atoms with Crippen molar-refractivity contribution in [2.75, 3.05) is 0 Å². The molecule has 5 heteroatoms. The van der Waals surface area contributed by atoms with Crippen LogP contribution in [-0.2, 0) is 13.0 Å². The summed E-state index contributed by atoms with van der Waals surface area (Å²) in [4.78, 5) is 4.67. The van der Waals surface area contributed by atoms with Gasteiger partial charge in [-0.25, -0.2) is 4.98 Å². The predicted octanol–water partition coefficient (Wildman–Crippen LogP) is 4.76. The fraction of sp³-hybridized carbons (Fsp3) is 0.0769. The lowest BCUT2D eigenvalue weighted by atomic mass is 10.0. The van der Waals surface area contributed by atoms with Crippen LogP contribution < -0.4 is 16.3 Å². The van der Waals surface area contributed by atoms with Gasteiger partial charge in [-0.15, -0.1) is 0 Å². The summed E-state index contributed by atoms with van der Waals surface area (Å²) in [7, 11) is 0. The summed E-state index contributed by atoms with van der Waals surface area (Å²) in [6.07, 6.45) is 4.57. The van der Waals surface area contributed by atoms with E-state index in [4.69, 9.17) is 16.3 Å². The first-order chi connectivity index (χ1) is 15.2. The number of pyridine rings is 1. The highest BCUT2D eigenvalue weighted by Crippen LogP contribution is 2.18. The quantitative estimate of drug-likeness (QED) is 0.200. The summed E-state index contributed by atoms with van der Waals surface area (Å²) >= 11 is 0. The Bertz CT molecular complexity index is 1230. The second-order valence-electron chi connectivity index (χ2n) is 7.19. The number of hydrogen-bond donors (Lipinski definition) is 2. The molecule has 0 saturated carbocycles. The maximum atomic E-state index is 5.97. The number of hydrogen-bond acceptors (Lipinski definition) is 4. The summed E-state index contributed by atoms with van der Waals surface area (Å²) in [5, 5.41) is 4.69. The first-order valence-corrected chi connectivity index (χ1v) is 10.1. The average molecular weight is 409 g/mol. The molecule has 0 aliphatic carbocycles. The Morgan fingerprint density at radius 2 is 1.58 bits per heavy atom. The number of aromatic nitrogens is 1. The van der Waals surface area contributed by atoms with Gasteiger partial charge in [0.25, 0.3) is 0 Å². The van der Waals surface area contributed by atoms with E-state index in [1.54, 1.807) is 0 Å². The summed E-state index contributed by atoms with van der Waals surface area (Å²) in [5.41, 5.74) is 10.9. The van der Waals surface area contributed by atoms with Crippen molar-refractivity contribution >= 4 is 28.9 Å². The maximum Gasteiger partial charge on any atom is 0.123 e. The molecule has 31 heavy (non-hydrogen) atoms. The van der Waals surface area contributed by atoms with Gasteiger partial charge in [-0.3, -0.25) is 0 Å². The standard InChI is InChI=1S/C26H24N4O/c27-26(30-28)17-21-6-1-2-7-22(21)18-31-24-15-10-19(11-16-24)9-13-23-14-12-20-5-3-4-8-25(20)29-23/h1-16H,17-18,28H2,(H2,27,30)/b13-9+. The molecule has 0 radical (unpaired) electrons. The van der Waals surface area contributed by atoms with Crippen LogP contribution in [0.15, 0.2) is 90.0 Å². The van der Waals surface area contributed by atoms with E-state index in [9.17, 15) is 0 Å². The number of fused-ring (bicyclic) bond motifs is 1. The normalized spacial score (nSPS) is 11.8. The number of amidine groups is 1. The number of nitrogens with zero attached hydrogens (tertiary/aromatic N) is 2. The van der Waals surface area contributed by atoms with Crippen LogP contribution in [0, 0.1) is 0 Å². The summed E-state index contributed by atoms with van der Waals surface area (Å²) in [5.74, 6) is 6.45. The summed E-state index contributed by atoms with van der Waals surface area (Å²) < 4.78 is 5.97. The Morgan fingerprint density at radius 3 is 2.39 bits per heavy atom. The number of para-hydroxylation sites is 1. The molecule has 1 aromatic heterocycles. The Kier molecular flexibility index (Phi) is 6.24. The highest BCUT2D eigenvalue weighted by atomic mass is 16.5. The molecular formula is C26H24N4O. The van der Waals surface area contributed by atoms with Crippen molar-refractivity contribution in [2.24, 2.45) is 16.7 Å². The van der Waals surface area contributed by atoms with Crippen LogP contribution in [0.3, 0.4) is 0 Å². The molecule has 0 aliphatic heterocycles. The van der Waals surface area contributed by atoms with Gasteiger partial charge < -0.3 is 16.3 Å². The molecule has 0 amide bonds. The molecule has 0 unspecified atom stereocenters. The van der Waals surface area contributed by atoms with E-state index >= 15 is 0 Å². The van der Waals surface area contributed by atoms with Gasteiger partial charge in [-0.2, -0.15) is 5.10 Å². The lowest BCUT2D eigenvalue weighted by Crippen LogP contribution is -2.18. The minimum Gasteiger partial charge on any atom is -0.489 e. The van der Waals surface area contributed by atoms with Crippen LogP contribution in [0.4, 0.5) is 0 Å². The van der Waals surface area contributed by atoms with E-state index in [2.05, 4.69) is 22.2 Å². The van der Waals surface area contributed by atoms with Crippen LogP contribution in [0.1, 0.15) is 22.4 Å². The Hall–Kier alpha value is -4.12. The molecule has 0 aliphatic rings. The van der Waals surface area contributed by atoms with Gasteiger partial charge in [0.05, 0.1) is 11.2 Å². The van der Waals surface area contributed by atoms with Crippen LogP contribution in [0.25, 0.3) is 23.1 Å². The van der Waals surface area contributed by atoms with Gasteiger partial charge in [0, 0.05) is 11.8 Å². The zero-order valence-electron chi connectivity index (χ0n) is 17.1. The van der Waals surface area contributed by atoms with Gasteiger partial charge in [-0.1, -0.05) is 66.7 Å². The van der Waals surface area contributed by atoms with Crippen molar-refractivity contribution < 1.29 is 4.74 Å². The van der Waals surface area contributed by atoms with Gasteiger partial charge in [0.15, 0.2) is 0 Å². The fourth-order valence-corrected chi connectivity index (χ4v) is 3.30. The van der Waals surface area contributed by atoms with E-state index in [1.165, 1.54) is 0 Å². The van der Waals surface area contributed by atoms with E-state index in [0.717, 1.165) is 39.0 Å². The zero-order chi connectivity index (χ0) is 21.5. The lowest BCUT2D eigenvalue weighted by molar-refractivity contribution is 0.305. The van der Waals surface area contributed by atoms with Crippen LogP contribution in [-0.4, -0.2) is 10.8 Å². The first kappa shape index (κ1) is 20.2. The highest BCUT2D eigenvalue weighted by molar-refractivity contribution is 5.82. The second kappa shape index (κ2) is 9.59. The topological polar surface area (TPSA) is 86.5 Å². The summed E-state index contributed by atoms with van der Waals surface area (Å²) in [6, 6.07) is 28.2. The van der Waals surface area contributed by atoms with Crippen LogP contribution in [0.2, 0.25) is 0 Å². The second-order valence-corrected chi connectivity index (χ2v) is 7.19. The minimum absolute atomic E-state index is 0.393. The van der Waals surface area contributed by atoms with E-state index in [0.29, 0.717) is 18.9 Å². The summed E-state index contributed by atoms with van der Waals surface area (Å²) in [6.45, 7) is 0.449. The van der Waals surface area contributed by atoms with E-state index in [-0.39, 0.29) is 0 Å². The first-order valence-electron chi connectivity index (χ1n) is 10.1. The third-order valence-electron chi connectivity index (χ3n) is 5.00. The number of ether oxygens (including phenoxy) is 1. The third kappa shape index (κ3) is 5.28. The molecular weight excluding hydrogens is 384 g/mol. The van der Waals surface area contributed by atoms with Gasteiger partial charge in [0.2, 0.25) is 0 Å². The van der Waals surface area contributed by atoms with Crippen molar-refractivity contribution in [3.8, 4) is 5.75 Å². The van der Waals surface area contributed by atoms with Crippen molar-refractivity contribution in [1.29, 1.82) is 0 Å². The number of benzene rings is 3. The molecule has 5 nitrogen and oxygen atoms in total. The smallest absolute Gasteiger partial charge is 0.123 e. The molecule has 0 saturated heterocycles. The van der Waals surface area contributed by atoms with Crippen molar-refractivity contribution in [3.05, 3.63) is 107 Å². The number of hydrazone groups is 1. The maximum absolute atomic E-state index is 5.97. The molecule has 4 aromatic rings. The Morgan fingerprint density at radius 1 is 0.839 bits per heavy atom. The molecule has 4 N–H and O–H groups in total. The minimum atomic E-state index is 0.393. The Balaban J connectivity index is 1.40. The van der Waals surface area contributed by atoms with Gasteiger partial charge in [-0.05, 0) is 47.0 Å². The lowest BCUT2D eigenvalue weighted by Gasteiger charge is -2.11. The largest absolute Gasteiger partial charge is 0.489 e. The Labute approximate surface area is 181 Å². The monoisotopic (exact) mass is 408 g/mol. The number of nitrogens with two attached hydrogens (primary N) is 2. The molecule has 1 heterocycles. The van der Waals surface area contributed by atoms with Crippen molar-refractivity contribution in [2.45, 2.75) is 13.0 Å². The van der Waals surface area contributed by atoms with E-state index in [1.807, 2.05) is 84.9 Å².